The van der Waals surface area contributed by atoms with Crippen LogP contribution in [0.3, 0.4) is 0 Å². The zero-order chi connectivity index (χ0) is 9.42. The molecule has 0 saturated heterocycles. The first-order valence-electron chi connectivity index (χ1n) is 4.35. The van der Waals surface area contributed by atoms with Gasteiger partial charge < -0.3 is 0 Å². The zero-order valence-electron chi connectivity index (χ0n) is 7.71. The van der Waals surface area contributed by atoms with Crippen molar-refractivity contribution in [3.8, 4) is 0 Å². The summed E-state index contributed by atoms with van der Waals surface area (Å²) in [4.78, 5) is 4.37. The Bertz CT molecular complexity index is 445. The highest BCUT2D eigenvalue weighted by atomic mass is 127. The molecule has 0 N–H and O–H groups in total. The summed E-state index contributed by atoms with van der Waals surface area (Å²) in [5, 5.41) is 1.32. The van der Waals surface area contributed by atoms with E-state index in [2.05, 4.69) is 56.7 Å². The van der Waals surface area contributed by atoms with Gasteiger partial charge in [0.05, 0.1) is 22.9 Å². The molecule has 2 heterocycles. The monoisotopic (exact) mass is 286 g/mol. The van der Waals surface area contributed by atoms with E-state index in [0.717, 1.165) is 12.1 Å². The summed E-state index contributed by atoms with van der Waals surface area (Å²) in [6.45, 7) is 4.32. The molecule has 3 heteroatoms. The third-order valence-corrected chi connectivity index (χ3v) is 3.04. The third kappa shape index (κ3) is 1.35. The number of fused-ring (bicyclic) bond motifs is 1. The maximum absolute atomic E-state index is 4.37. The molecule has 0 aromatic carbocycles. The molecule has 0 aliphatic carbocycles. The highest BCUT2D eigenvalue weighted by Gasteiger charge is 2.07. The van der Waals surface area contributed by atoms with Crippen LogP contribution in [0.2, 0.25) is 0 Å². The van der Waals surface area contributed by atoms with Crippen LogP contribution in [0, 0.1) is 6.92 Å². The SMILES string of the molecule is CCc1ccnc2c1c(C)cn2I. The molecule has 0 spiro atoms. The smallest absolute Gasteiger partial charge is 0.149 e. The molecule has 0 aliphatic rings. The van der Waals surface area contributed by atoms with Gasteiger partial charge in [-0.05, 0) is 30.5 Å². The second kappa shape index (κ2) is 3.29. The van der Waals surface area contributed by atoms with Gasteiger partial charge in [-0.15, -0.1) is 0 Å². The van der Waals surface area contributed by atoms with Gasteiger partial charge in [0.25, 0.3) is 0 Å². The van der Waals surface area contributed by atoms with E-state index in [1.54, 1.807) is 0 Å². The number of hydrogen-bond acceptors (Lipinski definition) is 1. The predicted octanol–water partition coefficient (Wildman–Crippen LogP) is 3.11. The van der Waals surface area contributed by atoms with Crippen molar-refractivity contribution in [3.05, 3.63) is 29.6 Å². The van der Waals surface area contributed by atoms with Gasteiger partial charge >= 0.3 is 0 Å². The number of nitrogens with zero attached hydrogens (tertiary/aromatic N) is 2. The molecule has 0 radical (unpaired) electrons. The molecule has 0 amide bonds. The van der Waals surface area contributed by atoms with Crippen LogP contribution in [0.4, 0.5) is 0 Å². The number of hydrogen-bond donors (Lipinski definition) is 0. The number of aryl methyl sites for hydroxylation is 2. The van der Waals surface area contributed by atoms with Gasteiger partial charge in [0.1, 0.15) is 5.65 Å². The molecule has 0 fully saturated rings. The predicted molar refractivity (Wildman–Crippen MR) is 63.3 cm³/mol. The Morgan fingerprint density at radius 2 is 2.31 bits per heavy atom. The van der Waals surface area contributed by atoms with E-state index >= 15 is 0 Å². The molecule has 2 rings (SSSR count). The van der Waals surface area contributed by atoms with Gasteiger partial charge in [0, 0.05) is 17.8 Å². The quantitative estimate of drug-likeness (QED) is 0.737. The van der Waals surface area contributed by atoms with Gasteiger partial charge in [-0.1, -0.05) is 6.92 Å². The largest absolute Gasteiger partial charge is 0.273 e. The molecule has 0 unspecified atom stereocenters. The van der Waals surface area contributed by atoms with E-state index < -0.39 is 0 Å². The van der Waals surface area contributed by atoms with Crippen molar-refractivity contribution in [1.29, 1.82) is 0 Å². The minimum atomic E-state index is 1.07. The Labute approximate surface area is 91.5 Å². The summed E-state index contributed by atoms with van der Waals surface area (Å²) in [7, 11) is 0. The first-order chi connectivity index (χ1) is 6.24. The van der Waals surface area contributed by atoms with Crippen LogP contribution in [0.1, 0.15) is 18.1 Å². The lowest BCUT2D eigenvalue weighted by atomic mass is 10.1. The lowest BCUT2D eigenvalue weighted by molar-refractivity contribution is 1.14. The van der Waals surface area contributed by atoms with Crippen molar-refractivity contribution in [2.45, 2.75) is 20.3 Å². The van der Waals surface area contributed by atoms with E-state index in [4.69, 9.17) is 0 Å². The molecule has 0 aliphatic heterocycles. The fourth-order valence-electron chi connectivity index (χ4n) is 1.67. The number of halogens is 1. The van der Waals surface area contributed by atoms with Crippen molar-refractivity contribution in [1.82, 2.24) is 7.76 Å². The first kappa shape index (κ1) is 8.99. The van der Waals surface area contributed by atoms with Crippen LogP contribution in [0.15, 0.2) is 18.5 Å². The second-order valence-corrected chi connectivity index (χ2v) is 4.19. The number of pyridine rings is 1. The number of rotatable bonds is 1. The number of aromatic nitrogens is 2. The molecular weight excluding hydrogens is 275 g/mol. The molecule has 0 atom stereocenters. The van der Waals surface area contributed by atoms with Crippen LogP contribution in [-0.2, 0) is 6.42 Å². The summed E-state index contributed by atoms with van der Waals surface area (Å²) in [5.41, 5.74) is 3.78. The Kier molecular flexibility index (Phi) is 2.27. The second-order valence-electron chi connectivity index (χ2n) is 3.15. The van der Waals surface area contributed by atoms with E-state index in [1.165, 1.54) is 16.5 Å². The zero-order valence-corrected chi connectivity index (χ0v) is 9.87. The van der Waals surface area contributed by atoms with Gasteiger partial charge in [0.15, 0.2) is 0 Å². The topological polar surface area (TPSA) is 17.8 Å². The van der Waals surface area contributed by atoms with Gasteiger partial charge in [0.2, 0.25) is 0 Å². The summed E-state index contributed by atoms with van der Waals surface area (Å²) >= 11 is 2.27. The Hall–Kier alpha value is -0.580. The van der Waals surface area contributed by atoms with E-state index in [1.807, 2.05) is 6.20 Å². The highest BCUT2D eigenvalue weighted by Crippen LogP contribution is 2.24. The summed E-state index contributed by atoms with van der Waals surface area (Å²) in [5.74, 6) is 0. The standard InChI is InChI=1S/C10H11IN2/c1-3-8-4-5-12-10-9(8)7(2)6-13(10)11/h4-6H,3H2,1-2H3. The van der Waals surface area contributed by atoms with Crippen LogP contribution in [0.5, 0.6) is 0 Å². The Morgan fingerprint density at radius 3 is 3.00 bits per heavy atom. The summed E-state index contributed by atoms with van der Waals surface area (Å²) < 4.78 is 2.06. The van der Waals surface area contributed by atoms with E-state index in [0.29, 0.717) is 0 Å². The average Bonchev–Trinajstić information content (AvgIpc) is 2.43. The van der Waals surface area contributed by atoms with Crippen LogP contribution in [-0.4, -0.2) is 7.76 Å². The maximum Gasteiger partial charge on any atom is 0.149 e. The molecular formula is C10H11IN2. The molecule has 2 aromatic heterocycles. The summed E-state index contributed by atoms with van der Waals surface area (Å²) in [6.07, 6.45) is 5.08. The van der Waals surface area contributed by atoms with Crippen molar-refractivity contribution >= 4 is 33.9 Å². The molecule has 2 aromatic rings. The van der Waals surface area contributed by atoms with Gasteiger partial charge in [-0.3, -0.25) is 2.78 Å². The lowest BCUT2D eigenvalue weighted by Gasteiger charge is -1.99. The Morgan fingerprint density at radius 1 is 1.54 bits per heavy atom. The minimum absolute atomic E-state index is 1.07. The summed E-state index contributed by atoms with van der Waals surface area (Å²) in [6, 6.07) is 2.10. The third-order valence-electron chi connectivity index (χ3n) is 2.30. The van der Waals surface area contributed by atoms with E-state index in [-0.39, 0.29) is 0 Å². The normalized spacial score (nSPS) is 11.0. The molecule has 13 heavy (non-hydrogen) atoms. The lowest BCUT2D eigenvalue weighted by Crippen LogP contribution is -1.86. The Balaban J connectivity index is 2.88. The van der Waals surface area contributed by atoms with Crippen molar-refractivity contribution in [2.24, 2.45) is 0 Å². The van der Waals surface area contributed by atoms with Crippen LogP contribution >= 0.6 is 22.9 Å². The van der Waals surface area contributed by atoms with Crippen molar-refractivity contribution < 1.29 is 0 Å². The molecule has 68 valence electrons. The first-order valence-corrected chi connectivity index (χ1v) is 5.32. The van der Waals surface area contributed by atoms with Crippen molar-refractivity contribution in [2.75, 3.05) is 0 Å². The molecule has 0 saturated carbocycles. The van der Waals surface area contributed by atoms with Crippen molar-refractivity contribution in [3.63, 3.8) is 0 Å². The van der Waals surface area contributed by atoms with E-state index in [9.17, 15) is 0 Å². The highest BCUT2D eigenvalue weighted by molar-refractivity contribution is 14.1. The maximum atomic E-state index is 4.37. The van der Waals surface area contributed by atoms with Crippen LogP contribution in [0.25, 0.3) is 11.0 Å². The average molecular weight is 286 g/mol. The fourth-order valence-corrected chi connectivity index (χ4v) is 2.45. The molecule has 2 nitrogen and oxygen atoms in total. The fraction of sp³-hybridized carbons (Fsp3) is 0.300. The van der Waals surface area contributed by atoms with Gasteiger partial charge in [-0.25, -0.2) is 4.98 Å². The minimum Gasteiger partial charge on any atom is -0.273 e. The molecule has 0 bridgehead atoms. The van der Waals surface area contributed by atoms with Crippen LogP contribution < -0.4 is 0 Å². The van der Waals surface area contributed by atoms with Gasteiger partial charge in [-0.2, -0.15) is 0 Å².